The highest BCUT2D eigenvalue weighted by molar-refractivity contribution is 7.92. The molecule has 1 saturated carbocycles. The molecular formula is C14H18N2O3S. The van der Waals surface area contributed by atoms with Gasteiger partial charge in [0.15, 0.2) is 0 Å². The summed E-state index contributed by atoms with van der Waals surface area (Å²) in [7, 11) is -1.75. The Bertz CT molecular complexity index is 625. The van der Waals surface area contributed by atoms with Crippen LogP contribution in [0.25, 0.3) is 0 Å². The molecule has 1 aliphatic rings. The fourth-order valence-electron chi connectivity index (χ4n) is 2.69. The summed E-state index contributed by atoms with van der Waals surface area (Å²) in [6.45, 7) is 0. The lowest BCUT2D eigenvalue weighted by atomic mass is 9.89. The molecule has 0 heterocycles. The molecule has 0 amide bonds. The van der Waals surface area contributed by atoms with Crippen LogP contribution in [0.15, 0.2) is 29.3 Å². The number of rotatable bonds is 4. The van der Waals surface area contributed by atoms with E-state index in [1.807, 2.05) is 12.1 Å². The second-order valence-electron chi connectivity index (χ2n) is 5.22. The summed E-state index contributed by atoms with van der Waals surface area (Å²) in [5.74, 6) is 0. The number of hydrogen-bond acceptors (Lipinski definition) is 4. The predicted octanol–water partition coefficient (Wildman–Crippen LogP) is 2.19. The number of anilines is 1. The van der Waals surface area contributed by atoms with E-state index in [9.17, 15) is 13.2 Å². The second kappa shape index (κ2) is 5.38. The van der Waals surface area contributed by atoms with E-state index >= 15 is 0 Å². The van der Waals surface area contributed by atoms with Gasteiger partial charge in [-0.1, -0.05) is 25.0 Å². The van der Waals surface area contributed by atoms with Crippen molar-refractivity contribution in [2.75, 3.05) is 17.6 Å². The fraction of sp³-hybridized carbons (Fsp3) is 0.500. The molecule has 0 radical (unpaired) electrons. The van der Waals surface area contributed by atoms with E-state index in [4.69, 9.17) is 0 Å². The Kier molecular flexibility index (Phi) is 3.97. The predicted molar refractivity (Wildman–Crippen MR) is 78.0 cm³/mol. The van der Waals surface area contributed by atoms with Crippen molar-refractivity contribution in [3.8, 4) is 0 Å². The van der Waals surface area contributed by atoms with E-state index in [0.29, 0.717) is 5.69 Å². The SMILES string of the molecule is CN(c1ccc(C2(N=C=O)CCCC2)cc1)S(C)(=O)=O. The molecule has 1 aliphatic carbocycles. The maximum Gasteiger partial charge on any atom is 0.235 e. The van der Waals surface area contributed by atoms with Gasteiger partial charge in [0.05, 0.1) is 17.5 Å². The van der Waals surface area contributed by atoms with Gasteiger partial charge in [0.1, 0.15) is 0 Å². The highest BCUT2D eigenvalue weighted by atomic mass is 32.2. The normalized spacial score (nSPS) is 17.5. The lowest BCUT2D eigenvalue weighted by molar-refractivity contribution is 0.456. The summed E-state index contributed by atoms with van der Waals surface area (Å²) >= 11 is 0. The molecule has 0 spiro atoms. The molecule has 1 aromatic carbocycles. The van der Waals surface area contributed by atoms with Crippen LogP contribution in [0.5, 0.6) is 0 Å². The van der Waals surface area contributed by atoms with Crippen molar-refractivity contribution >= 4 is 21.8 Å². The molecule has 1 aromatic rings. The van der Waals surface area contributed by atoms with Gasteiger partial charge in [-0.2, -0.15) is 4.99 Å². The fourth-order valence-corrected chi connectivity index (χ4v) is 3.19. The third-order valence-corrected chi connectivity index (χ3v) is 5.16. The molecule has 1 fully saturated rings. The molecular weight excluding hydrogens is 276 g/mol. The number of sulfonamides is 1. The van der Waals surface area contributed by atoms with Crippen LogP contribution >= 0.6 is 0 Å². The monoisotopic (exact) mass is 294 g/mol. The van der Waals surface area contributed by atoms with Crippen molar-refractivity contribution in [2.24, 2.45) is 4.99 Å². The maximum absolute atomic E-state index is 11.5. The van der Waals surface area contributed by atoms with Crippen LogP contribution in [0.1, 0.15) is 31.2 Å². The largest absolute Gasteiger partial charge is 0.274 e. The first kappa shape index (κ1) is 14.8. The molecule has 2 rings (SSSR count). The topological polar surface area (TPSA) is 66.8 Å². The number of benzene rings is 1. The molecule has 0 unspecified atom stereocenters. The first-order valence-corrected chi connectivity index (χ1v) is 8.37. The zero-order valence-corrected chi connectivity index (χ0v) is 12.5. The minimum absolute atomic E-state index is 0.468. The van der Waals surface area contributed by atoms with Crippen molar-refractivity contribution in [1.82, 2.24) is 0 Å². The van der Waals surface area contributed by atoms with Gasteiger partial charge >= 0.3 is 0 Å². The van der Waals surface area contributed by atoms with Crippen LogP contribution in [0.2, 0.25) is 0 Å². The van der Waals surface area contributed by atoms with E-state index < -0.39 is 15.6 Å². The molecule has 0 atom stereocenters. The second-order valence-corrected chi connectivity index (χ2v) is 7.23. The molecule has 0 bridgehead atoms. The summed E-state index contributed by atoms with van der Waals surface area (Å²) < 4.78 is 24.2. The first-order valence-electron chi connectivity index (χ1n) is 6.52. The van der Waals surface area contributed by atoms with Gasteiger partial charge in [0, 0.05) is 7.05 Å². The van der Waals surface area contributed by atoms with Gasteiger partial charge in [-0.05, 0) is 30.5 Å². The Hall–Kier alpha value is -1.65. The average molecular weight is 294 g/mol. The van der Waals surface area contributed by atoms with Gasteiger partial charge in [0.2, 0.25) is 16.1 Å². The Labute approximate surface area is 119 Å². The number of carbonyl (C=O) groups excluding carboxylic acids is 1. The Morgan fingerprint density at radius 2 is 1.75 bits per heavy atom. The van der Waals surface area contributed by atoms with Crippen LogP contribution in [-0.4, -0.2) is 27.8 Å². The zero-order chi connectivity index (χ0) is 14.8. The van der Waals surface area contributed by atoms with Gasteiger partial charge in [-0.15, -0.1) is 0 Å². The van der Waals surface area contributed by atoms with Gasteiger partial charge < -0.3 is 0 Å². The van der Waals surface area contributed by atoms with Crippen molar-refractivity contribution in [3.63, 3.8) is 0 Å². The first-order chi connectivity index (χ1) is 9.39. The van der Waals surface area contributed by atoms with E-state index in [1.165, 1.54) is 11.4 Å². The maximum atomic E-state index is 11.5. The molecule has 6 heteroatoms. The van der Waals surface area contributed by atoms with Gasteiger partial charge in [-0.3, -0.25) is 4.31 Å². The summed E-state index contributed by atoms with van der Waals surface area (Å²) in [5.41, 5.74) is 1.08. The van der Waals surface area contributed by atoms with Gasteiger partial charge in [0.25, 0.3) is 0 Å². The Balaban J connectivity index is 2.35. The van der Waals surface area contributed by atoms with Gasteiger partial charge in [-0.25, -0.2) is 13.2 Å². The smallest absolute Gasteiger partial charge is 0.235 e. The number of hydrogen-bond donors (Lipinski definition) is 0. The van der Waals surface area contributed by atoms with E-state index in [0.717, 1.165) is 37.5 Å². The third kappa shape index (κ3) is 2.76. The summed E-state index contributed by atoms with van der Waals surface area (Å²) in [6.07, 6.45) is 6.59. The van der Waals surface area contributed by atoms with Crippen LogP contribution < -0.4 is 4.31 Å². The Morgan fingerprint density at radius 3 is 2.20 bits per heavy atom. The average Bonchev–Trinajstić information content (AvgIpc) is 2.87. The lowest BCUT2D eigenvalue weighted by Crippen LogP contribution is -2.25. The number of isocyanates is 1. The summed E-state index contributed by atoms with van der Waals surface area (Å²) in [4.78, 5) is 14.7. The van der Waals surface area contributed by atoms with Crippen LogP contribution in [-0.2, 0) is 20.4 Å². The minimum atomic E-state index is -3.27. The molecule has 20 heavy (non-hydrogen) atoms. The van der Waals surface area contributed by atoms with Crippen molar-refractivity contribution in [2.45, 2.75) is 31.2 Å². The van der Waals surface area contributed by atoms with Crippen LogP contribution in [0.4, 0.5) is 5.69 Å². The third-order valence-electron chi connectivity index (χ3n) is 3.96. The van der Waals surface area contributed by atoms with Crippen LogP contribution in [0.3, 0.4) is 0 Å². The molecule has 5 nitrogen and oxygen atoms in total. The van der Waals surface area contributed by atoms with Crippen molar-refractivity contribution in [3.05, 3.63) is 29.8 Å². The molecule has 108 valence electrons. The van der Waals surface area contributed by atoms with Crippen LogP contribution in [0, 0.1) is 0 Å². The zero-order valence-electron chi connectivity index (χ0n) is 11.7. The standard InChI is InChI=1S/C14H18N2O3S/c1-16(20(2,18)19)13-7-5-12(6-8-13)14(15-11-17)9-3-4-10-14/h5-8H,3-4,9-10H2,1-2H3. The number of nitrogens with zero attached hydrogens (tertiary/aromatic N) is 2. The van der Waals surface area contributed by atoms with E-state index in [2.05, 4.69) is 4.99 Å². The molecule has 0 aliphatic heterocycles. The quantitative estimate of drug-likeness (QED) is 0.631. The van der Waals surface area contributed by atoms with E-state index in [-0.39, 0.29) is 0 Å². The van der Waals surface area contributed by atoms with Crippen molar-refractivity contribution < 1.29 is 13.2 Å². The summed E-state index contributed by atoms with van der Waals surface area (Å²) in [5, 5.41) is 0. The van der Waals surface area contributed by atoms with Crippen molar-refractivity contribution in [1.29, 1.82) is 0 Å². The molecule has 0 N–H and O–H groups in total. The highest BCUT2D eigenvalue weighted by Crippen LogP contribution is 2.42. The minimum Gasteiger partial charge on any atom is -0.274 e. The number of aliphatic imine (C=N–C) groups is 1. The molecule has 0 aromatic heterocycles. The highest BCUT2D eigenvalue weighted by Gasteiger charge is 2.35. The van der Waals surface area contributed by atoms with E-state index in [1.54, 1.807) is 18.2 Å². The Morgan fingerprint density at radius 1 is 1.20 bits per heavy atom. The summed E-state index contributed by atoms with van der Waals surface area (Å²) in [6, 6.07) is 7.19. The molecule has 0 saturated heterocycles. The lowest BCUT2D eigenvalue weighted by Gasteiger charge is -2.24.